The van der Waals surface area contributed by atoms with Crippen molar-refractivity contribution >= 4 is 11.9 Å². The maximum Gasteiger partial charge on any atom is 0.305 e. The second-order valence-electron chi connectivity index (χ2n) is 21.4. The second kappa shape index (κ2) is 58.2. The number of rotatable bonds is 58. The first-order valence-electron chi connectivity index (χ1n) is 30.9. The standard InChI is InChI=1S/C62H121NO5/c1-3-5-7-9-11-13-14-15-29-33-36-40-44-48-52-56-62(67)68-57-53-49-45-41-37-34-31-28-26-24-22-20-18-16-17-19-21-23-25-27-30-32-35-39-43-47-51-55-61(66)63-59(58-64)60(65)54-50-46-42-38-12-10-8-6-4-2/h15,29,59-60,64-65H,3-14,16-28,30-58H2,1-2H3,(H,63,66)/b29-15-. The Labute approximate surface area is 425 Å². The Morgan fingerprint density at radius 1 is 0.397 bits per heavy atom. The van der Waals surface area contributed by atoms with E-state index in [0.29, 0.717) is 25.9 Å². The van der Waals surface area contributed by atoms with Gasteiger partial charge >= 0.3 is 5.97 Å². The molecule has 0 radical (unpaired) electrons. The van der Waals surface area contributed by atoms with Crippen molar-refractivity contribution in [3.63, 3.8) is 0 Å². The molecule has 0 aromatic rings. The van der Waals surface area contributed by atoms with Crippen LogP contribution in [0.25, 0.3) is 0 Å². The van der Waals surface area contributed by atoms with Gasteiger partial charge in [0.2, 0.25) is 5.91 Å². The van der Waals surface area contributed by atoms with Gasteiger partial charge in [0, 0.05) is 12.8 Å². The van der Waals surface area contributed by atoms with Gasteiger partial charge in [0.25, 0.3) is 0 Å². The van der Waals surface area contributed by atoms with Crippen molar-refractivity contribution in [3.8, 4) is 0 Å². The largest absolute Gasteiger partial charge is 0.466 e. The number of unbranched alkanes of at least 4 members (excludes halogenated alkanes) is 45. The van der Waals surface area contributed by atoms with Gasteiger partial charge in [-0.1, -0.05) is 296 Å². The molecule has 2 unspecified atom stereocenters. The highest BCUT2D eigenvalue weighted by molar-refractivity contribution is 5.76. The summed E-state index contributed by atoms with van der Waals surface area (Å²) in [4.78, 5) is 24.5. The summed E-state index contributed by atoms with van der Waals surface area (Å²) in [5, 5.41) is 23.1. The van der Waals surface area contributed by atoms with Crippen LogP contribution in [0.2, 0.25) is 0 Å². The monoisotopic (exact) mass is 960 g/mol. The van der Waals surface area contributed by atoms with Gasteiger partial charge in [-0.3, -0.25) is 9.59 Å². The molecule has 0 saturated heterocycles. The molecule has 68 heavy (non-hydrogen) atoms. The molecule has 0 aromatic carbocycles. The minimum absolute atomic E-state index is 0.0105. The lowest BCUT2D eigenvalue weighted by molar-refractivity contribution is -0.143. The van der Waals surface area contributed by atoms with Crippen LogP contribution in [0, 0.1) is 0 Å². The molecular weight excluding hydrogens is 839 g/mol. The lowest BCUT2D eigenvalue weighted by atomic mass is 10.0. The molecular formula is C62H121NO5. The third-order valence-electron chi connectivity index (χ3n) is 14.6. The number of ether oxygens (including phenoxy) is 1. The van der Waals surface area contributed by atoms with Crippen LogP contribution >= 0.6 is 0 Å². The average Bonchev–Trinajstić information content (AvgIpc) is 3.34. The molecule has 0 aliphatic carbocycles. The van der Waals surface area contributed by atoms with Crippen LogP contribution in [0.1, 0.15) is 348 Å². The number of hydrogen-bond acceptors (Lipinski definition) is 5. The van der Waals surface area contributed by atoms with Crippen molar-refractivity contribution in [2.75, 3.05) is 13.2 Å². The van der Waals surface area contributed by atoms with E-state index in [1.807, 2.05) is 0 Å². The Balaban J connectivity index is 3.31. The predicted molar refractivity (Wildman–Crippen MR) is 297 cm³/mol. The number of allylic oxidation sites excluding steroid dienone is 2. The van der Waals surface area contributed by atoms with Crippen molar-refractivity contribution in [3.05, 3.63) is 12.2 Å². The van der Waals surface area contributed by atoms with E-state index in [1.165, 1.54) is 270 Å². The number of aliphatic hydroxyl groups excluding tert-OH is 2. The third kappa shape index (κ3) is 53.9. The Morgan fingerprint density at radius 3 is 1.04 bits per heavy atom. The van der Waals surface area contributed by atoms with Crippen LogP contribution in [0.4, 0.5) is 0 Å². The minimum atomic E-state index is -0.659. The zero-order valence-electron chi connectivity index (χ0n) is 46.1. The molecule has 0 aliphatic rings. The van der Waals surface area contributed by atoms with E-state index in [4.69, 9.17) is 4.74 Å². The summed E-state index contributed by atoms with van der Waals surface area (Å²) >= 11 is 0. The summed E-state index contributed by atoms with van der Waals surface area (Å²) in [5.74, 6) is -0.0228. The molecule has 0 aliphatic heterocycles. The highest BCUT2D eigenvalue weighted by Crippen LogP contribution is 2.18. The molecule has 0 saturated carbocycles. The molecule has 6 heteroatoms. The van der Waals surface area contributed by atoms with E-state index in [2.05, 4.69) is 31.3 Å². The van der Waals surface area contributed by atoms with Gasteiger partial charge in [-0.25, -0.2) is 0 Å². The molecule has 1 amide bonds. The lowest BCUT2D eigenvalue weighted by Crippen LogP contribution is -2.45. The van der Waals surface area contributed by atoms with Crippen molar-refractivity contribution in [1.29, 1.82) is 0 Å². The van der Waals surface area contributed by atoms with Crippen molar-refractivity contribution in [2.45, 2.75) is 360 Å². The molecule has 6 nitrogen and oxygen atoms in total. The van der Waals surface area contributed by atoms with Crippen LogP contribution in [-0.4, -0.2) is 47.4 Å². The number of esters is 1. The Hall–Kier alpha value is -1.40. The molecule has 3 N–H and O–H groups in total. The second-order valence-corrected chi connectivity index (χ2v) is 21.4. The van der Waals surface area contributed by atoms with E-state index in [9.17, 15) is 19.8 Å². The normalized spacial score (nSPS) is 12.6. The quantitative estimate of drug-likeness (QED) is 0.0321. The highest BCUT2D eigenvalue weighted by Gasteiger charge is 2.20. The third-order valence-corrected chi connectivity index (χ3v) is 14.6. The summed E-state index contributed by atoms with van der Waals surface area (Å²) < 4.78 is 5.49. The van der Waals surface area contributed by atoms with Gasteiger partial charge < -0.3 is 20.3 Å². The number of hydrogen-bond donors (Lipinski definition) is 3. The predicted octanol–water partition coefficient (Wildman–Crippen LogP) is 19.2. The number of aliphatic hydroxyl groups is 2. The van der Waals surface area contributed by atoms with Crippen LogP contribution in [0.15, 0.2) is 12.2 Å². The van der Waals surface area contributed by atoms with Crippen LogP contribution in [0.5, 0.6) is 0 Å². The summed E-state index contributed by atoms with van der Waals surface area (Å²) in [6, 6.07) is -0.536. The van der Waals surface area contributed by atoms with Crippen molar-refractivity contribution < 1.29 is 24.5 Å². The fourth-order valence-corrected chi connectivity index (χ4v) is 9.81. The van der Waals surface area contributed by atoms with E-state index < -0.39 is 12.1 Å². The zero-order valence-corrected chi connectivity index (χ0v) is 46.1. The smallest absolute Gasteiger partial charge is 0.305 e. The van der Waals surface area contributed by atoms with Gasteiger partial charge in [0.05, 0.1) is 25.4 Å². The van der Waals surface area contributed by atoms with E-state index in [1.54, 1.807) is 0 Å². The molecule has 0 rings (SSSR count). The van der Waals surface area contributed by atoms with E-state index in [0.717, 1.165) is 44.9 Å². The Kier molecular flexibility index (Phi) is 57.0. The summed E-state index contributed by atoms with van der Waals surface area (Å²) in [7, 11) is 0. The summed E-state index contributed by atoms with van der Waals surface area (Å²) in [6.07, 6.45) is 69.5. The number of nitrogens with one attached hydrogen (secondary N) is 1. The Bertz CT molecular complexity index is 1020. The fraction of sp³-hybridized carbons (Fsp3) is 0.935. The van der Waals surface area contributed by atoms with Crippen LogP contribution < -0.4 is 5.32 Å². The Morgan fingerprint density at radius 2 is 0.691 bits per heavy atom. The fourth-order valence-electron chi connectivity index (χ4n) is 9.81. The number of amides is 1. The van der Waals surface area contributed by atoms with Crippen LogP contribution in [0.3, 0.4) is 0 Å². The number of carbonyl (C=O) groups excluding carboxylic acids is 2. The average molecular weight is 961 g/mol. The molecule has 0 heterocycles. The molecule has 0 fully saturated rings. The first-order valence-corrected chi connectivity index (χ1v) is 30.9. The molecule has 404 valence electrons. The maximum atomic E-state index is 12.4. The SMILES string of the molecule is CCCCCCCC/C=C\CCCCCCCC(=O)OCCCCCCCCCCCCCCCCCCCCCCCCCCCCCC(=O)NC(CO)C(O)CCCCCCCCCCC. The first-order chi connectivity index (χ1) is 33.5. The zero-order chi connectivity index (χ0) is 49.3. The van der Waals surface area contributed by atoms with Crippen LogP contribution in [-0.2, 0) is 14.3 Å². The lowest BCUT2D eigenvalue weighted by Gasteiger charge is -2.22. The van der Waals surface area contributed by atoms with Gasteiger partial charge in [0.15, 0.2) is 0 Å². The van der Waals surface area contributed by atoms with Gasteiger partial charge in [-0.2, -0.15) is 0 Å². The van der Waals surface area contributed by atoms with E-state index in [-0.39, 0.29) is 18.5 Å². The molecule has 0 spiro atoms. The van der Waals surface area contributed by atoms with Gasteiger partial charge in [-0.15, -0.1) is 0 Å². The molecule has 2 atom stereocenters. The van der Waals surface area contributed by atoms with Crippen molar-refractivity contribution in [2.24, 2.45) is 0 Å². The number of carbonyl (C=O) groups is 2. The first kappa shape index (κ1) is 66.6. The van der Waals surface area contributed by atoms with Gasteiger partial charge in [-0.05, 0) is 51.4 Å². The summed E-state index contributed by atoms with van der Waals surface area (Å²) in [5.41, 5.74) is 0. The minimum Gasteiger partial charge on any atom is -0.466 e. The molecule has 0 aromatic heterocycles. The molecule has 0 bridgehead atoms. The maximum absolute atomic E-state index is 12.4. The van der Waals surface area contributed by atoms with Crippen molar-refractivity contribution in [1.82, 2.24) is 5.32 Å². The highest BCUT2D eigenvalue weighted by atomic mass is 16.5. The van der Waals surface area contributed by atoms with E-state index >= 15 is 0 Å². The van der Waals surface area contributed by atoms with Gasteiger partial charge in [0.1, 0.15) is 0 Å². The topological polar surface area (TPSA) is 95.9 Å². The summed E-state index contributed by atoms with van der Waals surface area (Å²) in [6.45, 7) is 4.94.